The van der Waals surface area contributed by atoms with Gasteiger partial charge in [-0.3, -0.25) is 4.79 Å². The van der Waals surface area contributed by atoms with E-state index in [1.54, 1.807) is 6.92 Å². The Labute approximate surface area is 156 Å². The van der Waals surface area contributed by atoms with Crippen LogP contribution in [0.5, 0.6) is 0 Å². The van der Waals surface area contributed by atoms with E-state index < -0.39 is 21.9 Å². The summed E-state index contributed by atoms with van der Waals surface area (Å²) < 4.78 is 36.4. The molecule has 0 spiro atoms. The summed E-state index contributed by atoms with van der Waals surface area (Å²) in [5.41, 5.74) is 0.421. The fraction of sp³-hybridized carbons (Fsp3) is 0.222. The molecule has 0 saturated heterocycles. The number of hydrogen-bond acceptors (Lipinski definition) is 6. The van der Waals surface area contributed by atoms with Gasteiger partial charge in [0.15, 0.2) is 0 Å². The summed E-state index contributed by atoms with van der Waals surface area (Å²) in [5, 5.41) is 2.60. The molecule has 0 aliphatic carbocycles. The third kappa shape index (κ3) is 4.97. The van der Waals surface area contributed by atoms with Crippen LogP contribution in [0.3, 0.4) is 0 Å². The van der Waals surface area contributed by atoms with E-state index in [1.165, 1.54) is 37.4 Å². The highest BCUT2D eigenvalue weighted by atomic mass is 32.2. The fourth-order valence-corrected chi connectivity index (χ4v) is 3.22. The van der Waals surface area contributed by atoms with E-state index in [1.807, 2.05) is 0 Å². The number of ether oxygens (including phenoxy) is 1. The van der Waals surface area contributed by atoms with Crippen LogP contribution in [0, 0.1) is 19.3 Å². The first-order valence-corrected chi connectivity index (χ1v) is 9.26. The van der Waals surface area contributed by atoms with Gasteiger partial charge in [0, 0.05) is 5.56 Å². The molecule has 0 unspecified atom stereocenters. The molecule has 8 nitrogen and oxygen atoms in total. The zero-order valence-corrected chi connectivity index (χ0v) is 15.6. The molecule has 1 amide bonds. The van der Waals surface area contributed by atoms with Crippen molar-refractivity contribution in [1.82, 2.24) is 10.0 Å². The van der Waals surface area contributed by atoms with Crippen molar-refractivity contribution in [3.05, 3.63) is 53.0 Å². The monoisotopic (exact) mass is 390 g/mol. The molecule has 2 aromatic rings. The number of hydrogen-bond donors (Lipinski definition) is 2. The Kier molecular flexibility index (Phi) is 6.39. The molecular weight excluding hydrogens is 372 g/mol. The van der Waals surface area contributed by atoms with Crippen molar-refractivity contribution in [1.29, 1.82) is 0 Å². The molecule has 1 aromatic heterocycles. The topological polar surface area (TPSA) is 115 Å². The van der Waals surface area contributed by atoms with E-state index in [4.69, 9.17) is 10.8 Å². The number of methoxy groups -OCH3 is 1. The Bertz CT molecular complexity index is 1000. The molecule has 0 aliphatic heterocycles. The molecule has 0 aliphatic rings. The van der Waals surface area contributed by atoms with Crippen molar-refractivity contribution in [2.24, 2.45) is 0 Å². The van der Waals surface area contributed by atoms with Gasteiger partial charge in [-0.1, -0.05) is 12.0 Å². The quantitative estimate of drug-likeness (QED) is 0.543. The van der Waals surface area contributed by atoms with E-state index in [0.29, 0.717) is 11.5 Å². The van der Waals surface area contributed by atoms with Gasteiger partial charge in [0.25, 0.3) is 5.91 Å². The normalized spacial score (nSPS) is 10.9. The number of nitrogens with one attached hydrogen (secondary N) is 2. The first kappa shape index (κ1) is 20.2. The van der Waals surface area contributed by atoms with Gasteiger partial charge < -0.3 is 14.5 Å². The first-order valence-electron chi connectivity index (χ1n) is 7.77. The molecule has 0 fully saturated rings. The van der Waals surface area contributed by atoms with Crippen LogP contribution in [-0.2, 0) is 21.3 Å². The van der Waals surface area contributed by atoms with E-state index in [2.05, 4.69) is 20.7 Å². The molecule has 2 N–H and O–H groups in total. The largest absolute Gasteiger partial charge is 0.465 e. The molecule has 2 rings (SSSR count). The third-order valence-corrected chi connectivity index (χ3v) is 4.97. The van der Waals surface area contributed by atoms with Crippen molar-refractivity contribution in [2.75, 3.05) is 13.7 Å². The summed E-state index contributed by atoms with van der Waals surface area (Å²) in [4.78, 5) is 23.8. The van der Waals surface area contributed by atoms with E-state index in [-0.39, 0.29) is 29.1 Å². The van der Waals surface area contributed by atoms with Crippen LogP contribution in [0.2, 0.25) is 0 Å². The van der Waals surface area contributed by atoms with Gasteiger partial charge in [-0.15, -0.1) is 6.42 Å². The third-order valence-electron chi connectivity index (χ3n) is 3.57. The molecule has 0 saturated carbocycles. The van der Waals surface area contributed by atoms with Crippen LogP contribution in [0.1, 0.15) is 32.2 Å². The highest BCUT2D eigenvalue weighted by Crippen LogP contribution is 2.16. The average Bonchev–Trinajstić information content (AvgIpc) is 3.04. The van der Waals surface area contributed by atoms with Crippen LogP contribution in [0.25, 0.3) is 0 Å². The van der Waals surface area contributed by atoms with Crippen molar-refractivity contribution in [3.8, 4) is 12.3 Å². The Morgan fingerprint density at radius 1 is 1.30 bits per heavy atom. The molecule has 9 heteroatoms. The molecule has 1 heterocycles. The summed E-state index contributed by atoms with van der Waals surface area (Å²) in [5.74, 6) is 1.87. The Morgan fingerprint density at radius 3 is 2.70 bits per heavy atom. The Morgan fingerprint density at radius 2 is 2.04 bits per heavy atom. The lowest BCUT2D eigenvalue weighted by atomic mass is 10.2. The maximum absolute atomic E-state index is 12.3. The number of amides is 1. The molecule has 142 valence electrons. The minimum atomic E-state index is -3.80. The number of furan rings is 1. The summed E-state index contributed by atoms with van der Waals surface area (Å²) >= 11 is 0. The maximum Gasteiger partial charge on any atom is 0.341 e. The number of terminal acetylenes is 1. The number of carbonyl (C=O) groups excluding carboxylic acids is 2. The van der Waals surface area contributed by atoms with Crippen LogP contribution in [0.15, 0.2) is 39.6 Å². The maximum atomic E-state index is 12.3. The van der Waals surface area contributed by atoms with Crippen LogP contribution in [0.4, 0.5) is 0 Å². The zero-order chi connectivity index (χ0) is 20.0. The Balaban J connectivity index is 2.10. The summed E-state index contributed by atoms with van der Waals surface area (Å²) in [6.45, 7) is 1.47. The fourth-order valence-electron chi connectivity index (χ4n) is 2.24. The second kappa shape index (κ2) is 8.53. The highest BCUT2D eigenvalue weighted by Gasteiger charge is 2.17. The van der Waals surface area contributed by atoms with Crippen LogP contribution in [-0.4, -0.2) is 33.9 Å². The molecule has 0 atom stereocenters. The van der Waals surface area contributed by atoms with Crippen molar-refractivity contribution in [2.45, 2.75) is 18.4 Å². The standard InChI is InChI=1S/C18H18N2O6S/c1-4-8-20-27(23,24)15-7-5-6-13(9-15)17(21)19-11-14-10-16(12(2)26-14)18(22)25-3/h1,5-7,9-10,20H,8,11H2,2-3H3,(H,19,21). The van der Waals surface area contributed by atoms with Gasteiger partial charge >= 0.3 is 5.97 Å². The predicted molar refractivity (Wildman–Crippen MR) is 96.4 cm³/mol. The number of benzene rings is 1. The second-order valence-corrected chi connectivity index (χ2v) is 7.18. The number of esters is 1. The minimum Gasteiger partial charge on any atom is -0.465 e. The van der Waals surface area contributed by atoms with E-state index >= 15 is 0 Å². The van der Waals surface area contributed by atoms with Crippen LogP contribution < -0.4 is 10.0 Å². The summed E-state index contributed by atoms with van der Waals surface area (Å²) in [7, 11) is -2.54. The van der Waals surface area contributed by atoms with Gasteiger partial charge in [0.2, 0.25) is 10.0 Å². The molecule has 1 aromatic carbocycles. The zero-order valence-electron chi connectivity index (χ0n) is 14.7. The molecule has 27 heavy (non-hydrogen) atoms. The minimum absolute atomic E-state index is 0.0169. The number of aryl methyl sites for hydroxylation is 1. The van der Waals surface area contributed by atoms with Gasteiger partial charge in [0.1, 0.15) is 17.1 Å². The van der Waals surface area contributed by atoms with Crippen molar-refractivity contribution < 1.29 is 27.2 Å². The van der Waals surface area contributed by atoms with Gasteiger partial charge in [-0.2, -0.15) is 4.72 Å². The lowest BCUT2D eigenvalue weighted by Gasteiger charge is -2.07. The van der Waals surface area contributed by atoms with E-state index in [0.717, 1.165) is 0 Å². The van der Waals surface area contributed by atoms with Gasteiger partial charge in [0.05, 0.1) is 25.1 Å². The molecular formula is C18H18N2O6S. The highest BCUT2D eigenvalue weighted by molar-refractivity contribution is 7.89. The smallest absolute Gasteiger partial charge is 0.341 e. The lowest BCUT2D eigenvalue weighted by Crippen LogP contribution is -2.25. The van der Waals surface area contributed by atoms with Gasteiger partial charge in [-0.05, 0) is 31.2 Å². The SMILES string of the molecule is C#CCNS(=O)(=O)c1cccc(C(=O)NCc2cc(C(=O)OC)c(C)o2)c1. The number of sulfonamides is 1. The Hall–Kier alpha value is -3.09. The number of carbonyl (C=O) groups is 2. The van der Waals surface area contributed by atoms with Gasteiger partial charge in [-0.25, -0.2) is 13.2 Å². The summed E-state index contributed by atoms with van der Waals surface area (Å²) in [6.07, 6.45) is 5.05. The number of rotatable bonds is 7. The van der Waals surface area contributed by atoms with Crippen LogP contribution >= 0.6 is 0 Å². The molecule has 0 radical (unpaired) electrons. The lowest BCUT2D eigenvalue weighted by molar-refractivity contribution is 0.0598. The van der Waals surface area contributed by atoms with E-state index in [9.17, 15) is 18.0 Å². The average molecular weight is 390 g/mol. The summed E-state index contributed by atoms with van der Waals surface area (Å²) in [6, 6.07) is 7.00. The molecule has 0 bridgehead atoms. The first-order chi connectivity index (χ1) is 12.8. The second-order valence-electron chi connectivity index (χ2n) is 5.41. The predicted octanol–water partition coefficient (Wildman–Crippen LogP) is 1.22. The van der Waals surface area contributed by atoms with Crippen molar-refractivity contribution >= 4 is 21.9 Å². The van der Waals surface area contributed by atoms with Crippen molar-refractivity contribution in [3.63, 3.8) is 0 Å².